The first kappa shape index (κ1) is 8.45. The lowest BCUT2D eigenvalue weighted by Gasteiger charge is -2.08. The Balaban J connectivity index is 3.29. The first-order chi connectivity index (χ1) is 4.16. The summed E-state index contributed by atoms with van der Waals surface area (Å²) in [4.78, 5) is 0. The third kappa shape index (κ3) is 5.32. The maximum Gasteiger partial charge on any atom is 0.0638 e. The summed E-state index contributed by atoms with van der Waals surface area (Å²) in [6.45, 7) is 4.22. The molecule has 0 fully saturated rings. The van der Waals surface area contributed by atoms with Crippen LogP contribution >= 0.6 is 0 Å². The third-order valence-electron chi connectivity index (χ3n) is 1.13. The number of hydrogen-bond donors (Lipinski definition) is 1. The van der Waals surface area contributed by atoms with Crippen molar-refractivity contribution in [3.05, 3.63) is 0 Å². The van der Waals surface area contributed by atoms with Crippen molar-refractivity contribution in [1.29, 1.82) is 5.26 Å². The molecule has 0 amide bonds. The molecular formula is C7H14N2. The van der Waals surface area contributed by atoms with Gasteiger partial charge in [0.1, 0.15) is 0 Å². The summed E-state index contributed by atoms with van der Waals surface area (Å²) in [5, 5.41) is 8.22. The Labute approximate surface area is 56.7 Å². The van der Waals surface area contributed by atoms with Crippen LogP contribution in [0.5, 0.6) is 0 Å². The molecule has 2 N–H and O–H groups in total. The van der Waals surface area contributed by atoms with E-state index >= 15 is 0 Å². The average molecular weight is 126 g/mol. The molecule has 0 saturated carbocycles. The Morgan fingerprint density at radius 2 is 2.11 bits per heavy atom. The van der Waals surface area contributed by atoms with E-state index in [1.807, 2.05) is 6.07 Å². The van der Waals surface area contributed by atoms with Crippen molar-refractivity contribution in [2.75, 3.05) is 0 Å². The highest BCUT2D eigenvalue weighted by molar-refractivity contribution is 4.78. The van der Waals surface area contributed by atoms with Crippen LogP contribution in [0.15, 0.2) is 0 Å². The molecule has 2 heteroatoms. The quantitative estimate of drug-likeness (QED) is 0.619. The molecule has 0 aromatic rings. The zero-order chi connectivity index (χ0) is 7.28. The summed E-state index contributed by atoms with van der Waals surface area (Å²) in [7, 11) is 0. The summed E-state index contributed by atoms with van der Waals surface area (Å²) < 4.78 is 0. The van der Waals surface area contributed by atoms with Crippen LogP contribution in [0.2, 0.25) is 0 Å². The first-order valence-corrected chi connectivity index (χ1v) is 3.29. The number of rotatable bonds is 3. The average Bonchev–Trinajstić information content (AvgIpc) is 1.63. The second-order valence-electron chi connectivity index (χ2n) is 2.75. The van der Waals surface area contributed by atoms with Crippen LogP contribution in [0.25, 0.3) is 0 Å². The lowest BCUT2D eigenvalue weighted by Crippen LogP contribution is -2.20. The zero-order valence-corrected chi connectivity index (χ0v) is 6.09. The van der Waals surface area contributed by atoms with Gasteiger partial charge in [-0.3, -0.25) is 0 Å². The molecular weight excluding hydrogens is 112 g/mol. The standard InChI is InChI=1S/C7H14N2/c1-6(2)5-7(9)3-4-8/h6-7H,3,5,9H2,1-2H3/t7-/m1/s1. The van der Waals surface area contributed by atoms with Gasteiger partial charge in [-0.25, -0.2) is 0 Å². The maximum atomic E-state index is 8.22. The monoisotopic (exact) mass is 126 g/mol. The van der Waals surface area contributed by atoms with Gasteiger partial charge in [0.05, 0.1) is 12.5 Å². The largest absolute Gasteiger partial charge is 0.327 e. The highest BCUT2D eigenvalue weighted by atomic mass is 14.6. The number of hydrogen-bond acceptors (Lipinski definition) is 2. The molecule has 0 bridgehead atoms. The van der Waals surface area contributed by atoms with E-state index in [4.69, 9.17) is 11.0 Å². The van der Waals surface area contributed by atoms with Crippen LogP contribution in [0.3, 0.4) is 0 Å². The van der Waals surface area contributed by atoms with Crippen LogP contribution in [0, 0.1) is 17.2 Å². The van der Waals surface area contributed by atoms with E-state index in [0.717, 1.165) is 6.42 Å². The number of nitrogens with zero attached hydrogens (tertiary/aromatic N) is 1. The SMILES string of the molecule is CC(C)C[C@H](N)CC#N. The molecule has 0 aliphatic rings. The van der Waals surface area contributed by atoms with E-state index in [9.17, 15) is 0 Å². The molecule has 52 valence electrons. The second-order valence-corrected chi connectivity index (χ2v) is 2.75. The van der Waals surface area contributed by atoms with E-state index in [0.29, 0.717) is 12.3 Å². The fourth-order valence-corrected chi connectivity index (χ4v) is 0.806. The van der Waals surface area contributed by atoms with Gasteiger partial charge in [-0.05, 0) is 12.3 Å². The summed E-state index contributed by atoms with van der Waals surface area (Å²) in [6.07, 6.45) is 1.44. The van der Waals surface area contributed by atoms with Gasteiger partial charge in [0.2, 0.25) is 0 Å². The molecule has 0 heterocycles. The highest BCUT2D eigenvalue weighted by Gasteiger charge is 2.02. The van der Waals surface area contributed by atoms with E-state index in [1.54, 1.807) is 0 Å². The molecule has 9 heavy (non-hydrogen) atoms. The highest BCUT2D eigenvalue weighted by Crippen LogP contribution is 2.03. The van der Waals surface area contributed by atoms with Gasteiger partial charge in [-0.1, -0.05) is 13.8 Å². The lowest BCUT2D eigenvalue weighted by atomic mass is 10.0. The summed E-state index contributed by atoms with van der Waals surface area (Å²) >= 11 is 0. The molecule has 0 aromatic carbocycles. The van der Waals surface area contributed by atoms with Gasteiger partial charge < -0.3 is 5.73 Å². The minimum absolute atomic E-state index is 0.0787. The Hall–Kier alpha value is -0.550. The minimum Gasteiger partial charge on any atom is -0.327 e. The van der Waals surface area contributed by atoms with Crippen molar-refractivity contribution in [1.82, 2.24) is 0 Å². The van der Waals surface area contributed by atoms with Crippen molar-refractivity contribution < 1.29 is 0 Å². The fraction of sp³-hybridized carbons (Fsp3) is 0.857. The summed E-state index contributed by atoms with van der Waals surface area (Å²) in [5.41, 5.74) is 5.56. The van der Waals surface area contributed by atoms with Gasteiger partial charge in [0, 0.05) is 6.04 Å². The molecule has 0 aliphatic carbocycles. The van der Waals surface area contributed by atoms with E-state index < -0.39 is 0 Å². The third-order valence-corrected chi connectivity index (χ3v) is 1.13. The van der Waals surface area contributed by atoms with Crippen molar-refractivity contribution in [3.63, 3.8) is 0 Å². The minimum atomic E-state index is 0.0787. The smallest absolute Gasteiger partial charge is 0.0638 e. The van der Waals surface area contributed by atoms with E-state index in [-0.39, 0.29) is 6.04 Å². The number of nitriles is 1. The van der Waals surface area contributed by atoms with Crippen LogP contribution in [0.4, 0.5) is 0 Å². The summed E-state index contributed by atoms with van der Waals surface area (Å²) in [6, 6.07) is 2.13. The Bertz CT molecular complexity index is 102. The van der Waals surface area contributed by atoms with E-state index in [1.165, 1.54) is 0 Å². The molecule has 0 saturated heterocycles. The molecule has 1 atom stereocenters. The van der Waals surface area contributed by atoms with Crippen LogP contribution in [-0.2, 0) is 0 Å². The predicted molar refractivity (Wildman–Crippen MR) is 37.7 cm³/mol. The van der Waals surface area contributed by atoms with Crippen molar-refractivity contribution >= 4 is 0 Å². The maximum absolute atomic E-state index is 8.22. The molecule has 0 radical (unpaired) electrons. The van der Waals surface area contributed by atoms with Crippen molar-refractivity contribution in [3.8, 4) is 6.07 Å². The van der Waals surface area contributed by atoms with Crippen LogP contribution in [-0.4, -0.2) is 6.04 Å². The Morgan fingerprint density at radius 3 is 2.44 bits per heavy atom. The van der Waals surface area contributed by atoms with Gasteiger partial charge in [0.15, 0.2) is 0 Å². The topological polar surface area (TPSA) is 49.8 Å². The fourth-order valence-electron chi connectivity index (χ4n) is 0.806. The molecule has 0 aliphatic heterocycles. The molecule has 0 unspecified atom stereocenters. The van der Waals surface area contributed by atoms with Crippen molar-refractivity contribution in [2.24, 2.45) is 11.7 Å². The van der Waals surface area contributed by atoms with Crippen LogP contribution < -0.4 is 5.73 Å². The first-order valence-electron chi connectivity index (χ1n) is 3.29. The molecule has 0 aromatic heterocycles. The molecule has 2 nitrogen and oxygen atoms in total. The molecule has 0 spiro atoms. The van der Waals surface area contributed by atoms with E-state index in [2.05, 4.69) is 13.8 Å². The Kier molecular flexibility index (Phi) is 4.08. The van der Waals surface area contributed by atoms with Crippen molar-refractivity contribution in [2.45, 2.75) is 32.7 Å². The van der Waals surface area contributed by atoms with Gasteiger partial charge in [0.25, 0.3) is 0 Å². The lowest BCUT2D eigenvalue weighted by molar-refractivity contribution is 0.501. The van der Waals surface area contributed by atoms with Gasteiger partial charge >= 0.3 is 0 Å². The van der Waals surface area contributed by atoms with Crippen LogP contribution in [0.1, 0.15) is 26.7 Å². The van der Waals surface area contributed by atoms with Gasteiger partial charge in [-0.15, -0.1) is 0 Å². The Morgan fingerprint density at radius 1 is 1.56 bits per heavy atom. The van der Waals surface area contributed by atoms with Gasteiger partial charge in [-0.2, -0.15) is 5.26 Å². The number of nitrogens with two attached hydrogens (primary N) is 1. The normalized spacial score (nSPS) is 13.2. The predicted octanol–water partition coefficient (Wildman–Crippen LogP) is 1.27. The summed E-state index contributed by atoms with van der Waals surface area (Å²) in [5.74, 6) is 0.605. The zero-order valence-electron chi connectivity index (χ0n) is 6.09. The molecule has 0 rings (SSSR count). The second kappa shape index (κ2) is 4.34.